The van der Waals surface area contributed by atoms with E-state index in [2.05, 4.69) is 15.7 Å². The SMILES string of the molecule is Cn1nc(C2CC3CC(O)(S(=O)(=O)CCCCN4CCNC(=O)C4)CC3C2)c(C(=O)Nc2ccc(F)c(Cl)c2)c1N. The van der Waals surface area contributed by atoms with Crippen LogP contribution in [0.15, 0.2) is 18.2 Å². The number of nitrogens with two attached hydrogens (primary N) is 1. The van der Waals surface area contributed by atoms with Gasteiger partial charge in [0.25, 0.3) is 5.91 Å². The molecule has 1 aliphatic heterocycles. The van der Waals surface area contributed by atoms with E-state index < -0.39 is 26.5 Å². The molecule has 5 N–H and O–H groups in total. The highest BCUT2D eigenvalue weighted by molar-refractivity contribution is 7.92. The van der Waals surface area contributed by atoms with Gasteiger partial charge in [0, 0.05) is 31.7 Å². The Labute approximate surface area is 243 Å². The lowest BCUT2D eigenvalue weighted by Gasteiger charge is -2.27. The first-order valence-corrected chi connectivity index (χ1v) is 15.9. The van der Waals surface area contributed by atoms with Gasteiger partial charge < -0.3 is 21.5 Å². The van der Waals surface area contributed by atoms with Crippen molar-refractivity contribution in [1.29, 1.82) is 0 Å². The van der Waals surface area contributed by atoms with Crippen molar-refractivity contribution in [3.63, 3.8) is 0 Å². The van der Waals surface area contributed by atoms with Crippen molar-refractivity contribution >= 4 is 44.8 Å². The summed E-state index contributed by atoms with van der Waals surface area (Å²) in [4.78, 5) is 25.0. The predicted molar refractivity (Wildman–Crippen MR) is 153 cm³/mol. The minimum absolute atomic E-state index is 0.0205. The predicted octanol–water partition coefficient (Wildman–Crippen LogP) is 2.27. The summed E-state index contributed by atoms with van der Waals surface area (Å²) >= 11 is 5.85. The largest absolute Gasteiger partial charge is 0.383 e. The molecule has 224 valence electrons. The van der Waals surface area contributed by atoms with Crippen LogP contribution in [0.5, 0.6) is 0 Å². The molecule has 0 spiro atoms. The molecular formula is C27H36ClFN6O5S. The second-order valence-corrected chi connectivity index (χ2v) is 14.4. The molecule has 0 bridgehead atoms. The Bertz CT molecular complexity index is 1440. The van der Waals surface area contributed by atoms with E-state index in [1.165, 1.54) is 16.8 Å². The molecule has 3 aliphatic rings. The minimum Gasteiger partial charge on any atom is -0.383 e. The Morgan fingerprint density at radius 1 is 1.29 bits per heavy atom. The van der Waals surface area contributed by atoms with Crippen LogP contribution >= 0.6 is 11.6 Å². The Morgan fingerprint density at radius 2 is 2.00 bits per heavy atom. The number of aromatic nitrogens is 2. The van der Waals surface area contributed by atoms with Gasteiger partial charge in [0.2, 0.25) is 5.91 Å². The molecule has 11 nitrogen and oxygen atoms in total. The summed E-state index contributed by atoms with van der Waals surface area (Å²) in [5.41, 5.74) is 7.29. The molecule has 2 aromatic rings. The van der Waals surface area contributed by atoms with Crippen LogP contribution in [0.1, 0.15) is 60.5 Å². The smallest absolute Gasteiger partial charge is 0.261 e. The molecule has 2 heterocycles. The van der Waals surface area contributed by atoms with Crippen LogP contribution in [0.4, 0.5) is 15.9 Å². The summed E-state index contributed by atoms with van der Waals surface area (Å²) in [5, 5.41) is 21.2. The molecule has 1 aromatic heterocycles. The molecule has 1 saturated heterocycles. The lowest BCUT2D eigenvalue weighted by molar-refractivity contribution is -0.124. The lowest BCUT2D eigenvalue weighted by atomic mass is 9.95. The van der Waals surface area contributed by atoms with E-state index in [9.17, 15) is 27.5 Å². The number of anilines is 2. The zero-order valence-electron chi connectivity index (χ0n) is 22.9. The number of unbranched alkanes of at least 4 members (excludes halogenated alkanes) is 1. The number of carbonyl (C=O) groups is 2. The zero-order valence-corrected chi connectivity index (χ0v) is 24.5. The lowest BCUT2D eigenvalue weighted by Crippen LogP contribution is -2.47. The van der Waals surface area contributed by atoms with Crippen LogP contribution in [-0.2, 0) is 21.7 Å². The number of rotatable bonds is 9. The fourth-order valence-electron chi connectivity index (χ4n) is 6.64. The number of nitrogens with zero attached hydrogens (tertiary/aromatic N) is 3. The number of amides is 2. The molecule has 14 heteroatoms. The monoisotopic (exact) mass is 610 g/mol. The van der Waals surface area contributed by atoms with Crippen molar-refractivity contribution < 1.29 is 27.5 Å². The maximum Gasteiger partial charge on any atom is 0.261 e. The van der Waals surface area contributed by atoms with Crippen molar-refractivity contribution in [2.75, 3.05) is 43.0 Å². The van der Waals surface area contributed by atoms with Crippen molar-refractivity contribution in [3.05, 3.63) is 40.3 Å². The number of fused-ring (bicyclic) bond motifs is 1. The van der Waals surface area contributed by atoms with Gasteiger partial charge in [-0.1, -0.05) is 11.6 Å². The Morgan fingerprint density at radius 3 is 2.66 bits per heavy atom. The van der Waals surface area contributed by atoms with E-state index in [1.54, 1.807) is 7.05 Å². The van der Waals surface area contributed by atoms with Crippen LogP contribution in [-0.4, -0.2) is 76.9 Å². The molecule has 1 aromatic carbocycles. The molecular weight excluding hydrogens is 575 g/mol. The van der Waals surface area contributed by atoms with Crippen LogP contribution in [0.2, 0.25) is 5.02 Å². The van der Waals surface area contributed by atoms with E-state index in [4.69, 9.17) is 17.3 Å². The molecule has 2 saturated carbocycles. The number of nitrogen functional groups attached to an aromatic ring is 1. The Kier molecular flexibility index (Phi) is 8.34. The molecule has 3 fully saturated rings. The fourth-order valence-corrected chi connectivity index (χ4v) is 8.72. The van der Waals surface area contributed by atoms with Crippen LogP contribution in [0.3, 0.4) is 0 Å². The average Bonchev–Trinajstić information content (AvgIpc) is 3.54. The van der Waals surface area contributed by atoms with Gasteiger partial charge in [-0.15, -0.1) is 0 Å². The quantitative estimate of drug-likeness (QED) is 0.315. The van der Waals surface area contributed by atoms with Crippen molar-refractivity contribution in [2.45, 2.75) is 49.4 Å². The molecule has 2 atom stereocenters. The van der Waals surface area contributed by atoms with E-state index in [0.29, 0.717) is 56.7 Å². The van der Waals surface area contributed by atoms with E-state index in [-0.39, 0.29) is 58.7 Å². The normalized spacial score (nSPS) is 26.6. The van der Waals surface area contributed by atoms with Crippen molar-refractivity contribution in [3.8, 4) is 0 Å². The Balaban J connectivity index is 1.20. The third-order valence-corrected chi connectivity index (χ3v) is 11.4. The highest BCUT2D eigenvalue weighted by Gasteiger charge is 2.55. The first-order valence-electron chi connectivity index (χ1n) is 13.9. The first-order chi connectivity index (χ1) is 19.4. The van der Waals surface area contributed by atoms with Gasteiger partial charge in [0.15, 0.2) is 14.8 Å². The maximum atomic E-state index is 13.5. The average molecular weight is 611 g/mol. The van der Waals surface area contributed by atoms with Gasteiger partial charge in [-0.2, -0.15) is 5.10 Å². The molecule has 2 unspecified atom stereocenters. The number of piperazine rings is 1. The summed E-state index contributed by atoms with van der Waals surface area (Å²) in [5.74, 6) is -1.20. The second-order valence-electron chi connectivity index (χ2n) is 11.5. The van der Waals surface area contributed by atoms with E-state index in [0.717, 1.165) is 12.6 Å². The standard InChI is InChI=1S/C27H36ClFN6O5S/c1-34-25(30)23(26(37)32-19-4-5-21(29)20(28)12-19)24(33-34)16-10-17-13-27(38,14-18(17)11-16)41(39,40)9-3-2-7-35-8-6-31-22(36)15-35/h4-5,12,16-18,38H,2-3,6-11,13-15,30H2,1H3,(H,31,36)(H,32,37). The number of aryl methyl sites for hydroxylation is 1. The zero-order chi connectivity index (χ0) is 29.5. The number of sulfone groups is 1. The third kappa shape index (κ3) is 6.08. The number of hydrogen-bond acceptors (Lipinski definition) is 8. The van der Waals surface area contributed by atoms with Crippen molar-refractivity contribution in [1.82, 2.24) is 20.0 Å². The van der Waals surface area contributed by atoms with Crippen LogP contribution in [0, 0.1) is 17.7 Å². The van der Waals surface area contributed by atoms with Gasteiger partial charge in [-0.25, -0.2) is 12.8 Å². The number of benzene rings is 1. The molecule has 2 aliphatic carbocycles. The van der Waals surface area contributed by atoms with E-state index >= 15 is 0 Å². The van der Waals surface area contributed by atoms with Crippen LogP contribution < -0.4 is 16.4 Å². The number of aliphatic hydroxyl groups is 1. The maximum absolute atomic E-state index is 13.5. The van der Waals surface area contributed by atoms with Gasteiger partial charge in [0.05, 0.1) is 23.0 Å². The molecule has 41 heavy (non-hydrogen) atoms. The third-order valence-electron chi connectivity index (χ3n) is 8.75. The molecule has 0 radical (unpaired) electrons. The summed E-state index contributed by atoms with van der Waals surface area (Å²) in [6.07, 6.45) is 2.53. The van der Waals surface area contributed by atoms with Gasteiger partial charge >= 0.3 is 0 Å². The van der Waals surface area contributed by atoms with Crippen LogP contribution in [0.25, 0.3) is 0 Å². The second kappa shape index (κ2) is 11.5. The summed E-state index contributed by atoms with van der Waals surface area (Å²) in [7, 11) is -2.10. The number of hydrogen-bond donors (Lipinski definition) is 4. The first kappa shape index (κ1) is 29.7. The summed E-state index contributed by atoms with van der Waals surface area (Å²) in [6.45, 7) is 2.32. The number of nitrogens with one attached hydrogen (secondary N) is 2. The number of halogens is 2. The fraction of sp³-hybridized carbons (Fsp3) is 0.593. The van der Waals surface area contributed by atoms with Crippen molar-refractivity contribution in [2.24, 2.45) is 18.9 Å². The number of carbonyl (C=O) groups excluding carboxylic acids is 2. The summed E-state index contributed by atoms with van der Waals surface area (Å²) in [6, 6.07) is 3.88. The minimum atomic E-state index is -3.75. The Hall–Kier alpha value is -2.74. The van der Waals surface area contributed by atoms with Gasteiger partial charge in [0.1, 0.15) is 17.2 Å². The van der Waals surface area contributed by atoms with Gasteiger partial charge in [-0.05, 0) is 75.1 Å². The van der Waals surface area contributed by atoms with E-state index in [1.807, 2.05) is 4.90 Å². The topological polar surface area (TPSA) is 160 Å². The highest BCUT2D eigenvalue weighted by atomic mass is 35.5. The molecule has 2 amide bonds. The van der Waals surface area contributed by atoms with Gasteiger partial charge in [-0.3, -0.25) is 19.2 Å². The molecule has 5 rings (SSSR count). The summed E-state index contributed by atoms with van der Waals surface area (Å²) < 4.78 is 41.4. The highest BCUT2D eigenvalue weighted by Crippen LogP contribution is 2.55.